The summed E-state index contributed by atoms with van der Waals surface area (Å²) in [6, 6.07) is 6.26. The second-order valence-electron chi connectivity index (χ2n) is 3.85. The number of benzene rings is 1. The number of hydrogen-bond acceptors (Lipinski definition) is 3. The fourth-order valence-electron chi connectivity index (χ4n) is 1.50. The zero-order valence-electron chi connectivity index (χ0n) is 10.0. The lowest BCUT2D eigenvalue weighted by molar-refractivity contribution is -0.137. The molecule has 2 N–H and O–H groups in total. The van der Waals surface area contributed by atoms with Gasteiger partial charge in [0.2, 0.25) is 0 Å². The van der Waals surface area contributed by atoms with Gasteiger partial charge >= 0.3 is 5.97 Å². The third-order valence-corrected chi connectivity index (χ3v) is 3.19. The van der Waals surface area contributed by atoms with E-state index in [2.05, 4.69) is 10.4 Å². The highest BCUT2D eigenvalue weighted by molar-refractivity contribution is 6.44. The maximum absolute atomic E-state index is 11.9. The van der Waals surface area contributed by atoms with Gasteiger partial charge in [-0.15, -0.1) is 0 Å². The van der Waals surface area contributed by atoms with E-state index in [1.54, 1.807) is 18.2 Å². The highest BCUT2D eigenvalue weighted by Gasteiger charge is 2.13. The number of nitrogens with one attached hydrogen (secondary N) is 1. The van der Waals surface area contributed by atoms with Gasteiger partial charge in [0.05, 0.1) is 15.7 Å². The van der Waals surface area contributed by atoms with Crippen LogP contribution in [0.5, 0.6) is 0 Å². The number of carbonyl (C=O) groups excluding carboxylic acids is 1. The summed E-state index contributed by atoms with van der Waals surface area (Å²) in [4.78, 5) is 22.5. The van der Waals surface area contributed by atoms with Gasteiger partial charge in [-0.2, -0.15) is 5.10 Å². The zero-order chi connectivity index (χ0) is 14.7. The molecule has 0 atom stereocenters. The van der Waals surface area contributed by atoms with Crippen LogP contribution in [0.3, 0.4) is 0 Å². The fraction of sp³-hybridized carbons (Fsp3) is 0.0833. The first-order chi connectivity index (χ1) is 9.47. The van der Waals surface area contributed by atoms with E-state index in [4.69, 9.17) is 28.3 Å². The van der Waals surface area contributed by atoms with Gasteiger partial charge in [-0.25, -0.2) is 0 Å². The number of carboxylic acid groups (broad SMARTS) is 1. The monoisotopic (exact) mass is 313 g/mol. The van der Waals surface area contributed by atoms with Crippen molar-refractivity contribution in [2.24, 2.45) is 0 Å². The minimum atomic E-state index is -1.04. The Kier molecular flexibility index (Phi) is 4.26. The topological polar surface area (TPSA) is 84.2 Å². The number of halogens is 2. The number of rotatable bonds is 4. The van der Waals surface area contributed by atoms with Crippen molar-refractivity contribution in [3.8, 4) is 0 Å². The van der Waals surface area contributed by atoms with Gasteiger partial charge in [0.25, 0.3) is 5.91 Å². The van der Waals surface area contributed by atoms with Crippen molar-refractivity contribution < 1.29 is 14.7 Å². The largest absolute Gasteiger partial charge is 0.480 e. The first-order valence-electron chi connectivity index (χ1n) is 5.48. The van der Waals surface area contributed by atoms with E-state index in [9.17, 15) is 9.59 Å². The molecule has 0 radical (unpaired) electrons. The van der Waals surface area contributed by atoms with E-state index >= 15 is 0 Å². The lowest BCUT2D eigenvalue weighted by Gasteiger charge is -2.06. The Morgan fingerprint density at radius 3 is 2.75 bits per heavy atom. The maximum Gasteiger partial charge on any atom is 0.325 e. The average Bonchev–Trinajstić information content (AvgIpc) is 2.82. The average molecular weight is 314 g/mol. The van der Waals surface area contributed by atoms with E-state index in [1.165, 1.54) is 12.3 Å². The molecule has 1 heterocycles. The molecular formula is C12H9Cl2N3O3. The molecule has 20 heavy (non-hydrogen) atoms. The molecule has 0 saturated carbocycles. The summed E-state index contributed by atoms with van der Waals surface area (Å²) in [5.41, 5.74) is 0.444. The lowest BCUT2D eigenvalue weighted by Crippen LogP contribution is -2.15. The van der Waals surface area contributed by atoms with Crippen LogP contribution in [-0.4, -0.2) is 26.8 Å². The molecule has 1 aromatic heterocycles. The molecule has 1 aromatic carbocycles. The zero-order valence-corrected chi connectivity index (χ0v) is 11.5. The van der Waals surface area contributed by atoms with Gasteiger partial charge in [0.1, 0.15) is 6.54 Å². The van der Waals surface area contributed by atoms with Crippen molar-refractivity contribution in [2.75, 3.05) is 5.32 Å². The Labute approximate surface area is 123 Å². The van der Waals surface area contributed by atoms with Crippen molar-refractivity contribution in [3.63, 3.8) is 0 Å². The van der Waals surface area contributed by atoms with Crippen molar-refractivity contribution in [1.82, 2.24) is 9.78 Å². The van der Waals surface area contributed by atoms with Crippen LogP contribution in [-0.2, 0) is 11.3 Å². The molecule has 0 fully saturated rings. The molecule has 1 amide bonds. The number of nitrogens with zero attached hydrogens (tertiary/aromatic N) is 2. The first-order valence-corrected chi connectivity index (χ1v) is 6.23. The van der Waals surface area contributed by atoms with Crippen molar-refractivity contribution in [1.29, 1.82) is 0 Å². The van der Waals surface area contributed by atoms with E-state index < -0.39 is 11.9 Å². The number of hydrogen-bond donors (Lipinski definition) is 2. The molecule has 8 heteroatoms. The predicted octanol–water partition coefficient (Wildman–Crippen LogP) is 2.53. The molecule has 0 bridgehead atoms. The van der Waals surface area contributed by atoms with Gasteiger partial charge in [-0.05, 0) is 18.2 Å². The fourth-order valence-corrected chi connectivity index (χ4v) is 1.84. The van der Waals surface area contributed by atoms with Crippen molar-refractivity contribution >= 4 is 40.8 Å². The summed E-state index contributed by atoms with van der Waals surface area (Å²) < 4.78 is 1.15. The van der Waals surface area contributed by atoms with Crippen LogP contribution < -0.4 is 5.32 Å². The number of carboxylic acids is 1. The predicted molar refractivity (Wildman–Crippen MR) is 74.3 cm³/mol. The van der Waals surface area contributed by atoms with Gasteiger partial charge in [0.15, 0.2) is 5.69 Å². The normalized spacial score (nSPS) is 10.3. The molecular weight excluding hydrogens is 305 g/mol. The Hall–Kier alpha value is -2.05. The Morgan fingerprint density at radius 1 is 1.30 bits per heavy atom. The molecule has 0 aliphatic heterocycles. The van der Waals surface area contributed by atoms with E-state index in [0.717, 1.165) is 4.68 Å². The molecule has 2 aromatic rings. The second kappa shape index (κ2) is 5.94. The number of anilines is 1. The Balaban J connectivity index is 2.14. The first kappa shape index (κ1) is 14.4. The minimum absolute atomic E-state index is 0.0855. The van der Waals surface area contributed by atoms with Crippen molar-refractivity contribution in [3.05, 3.63) is 46.2 Å². The Bertz CT molecular complexity index is 670. The molecule has 0 spiro atoms. The van der Waals surface area contributed by atoms with Gasteiger partial charge < -0.3 is 10.4 Å². The third-order valence-electron chi connectivity index (χ3n) is 2.37. The molecule has 0 aliphatic carbocycles. The number of carbonyl (C=O) groups is 2. The van der Waals surface area contributed by atoms with Crippen LogP contribution in [0.25, 0.3) is 0 Å². The van der Waals surface area contributed by atoms with E-state index in [0.29, 0.717) is 10.7 Å². The van der Waals surface area contributed by atoms with E-state index in [-0.39, 0.29) is 17.3 Å². The standard InChI is InChI=1S/C12H9Cl2N3O3/c13-7-2-1-3-8(11(7)14)15-12(20)9-4-5-17(16-9)6-10(18)19/h1-5H,6H2,(H,15,20)(H,18,19). The second-order valence-corrected chi connectivity index (χ2v) is 4.63. The van der Waals surface area contributed by atoms with E-state index in [1.807, 2.05) is 0 Å². The van der Waals surface area contributed by atoms with Crippen LogP contribution in [0.4, 0.5) is 5.69 Å². The number of amides is 1. The Morgan fingerprint density at radius 2 is 2.05 bits per heavy atom. The van der Waals surface area contributed by atoms with Crippen LogP contribution in [0, 0.1) is 0 Å². The minimum Gasteiger partial charge on any atom is -0.480 e. The SMILES string of the molecule is O=C(O)Cn1ccc(C(=O)Nc2cccc(Cl)c2Cl)n1. The third kappa shape index (κ3) is 3.28. The maximum atomic E-state index is 11.9. The van der Waals surface area contributed by atoms with Crippen molar-refractivity contribution in [2.45, 2.75) is 6.54 Å². The van der Waals surface area contributed by atoms with Crippen LogP contribution in [0.1, 0.15) is 10.5 Å². The molecule has 0 unspecified atom stereocenters. The summed E-state index contributed by atoms with van der Waals surface area (Å²) in [5, 5.41) is 15.6. The summed E-state index contributed by atoms with van der Waals surface area (Å²) in [5.74, 6) is -1.55. The number of aliphatic carboxylic acids is 1. The summed E-state index contributed by atoms with van der Waals surface area (Å²) >= 11 is 11.8. The van der Waals surface area contributed by atoms with Gasteiger partial charge in [0, 0.05) is 6.20 Å². The molecule has 2 rings (SSSR count). The lowest BCUT2D eigenvalue weighted by atomic mass is 10.3. The highest BCUT2D eigenvalue weighted by Crippen LogP contribution is 2.29. The molecule has 0 aliphatic rings. The quantitative estimate of drug-likeness (QED) is 0.908. The van der Waals surface area contributed by atoms with Crippen LogP contribution >= 0.6 is 23.2 Å². The van der Waals surface area contributed by atoms with Gasteiger partial charge in [-0.3, -0.25) is 14.3 Å². The summed E-state index contributed by atoms with van der Waals surface area (Å²) in [6.07, 6.45) is 1.41. The smallest absolute Gasteiger partial charge is 0.325 e. The van der Waals surface area contributed by atoms with Gasteiger partial charge in [-0.1, -0.05) is 29.3 Å². The van der Waals surface area contributed by atoms with Crippen LogP contribution in [0.2, 0.25) is 10.0 Å². The summed E-state index contributed by atoms with van der Waals surface area (Å²) in [6.45, 7) is -0.314. The number of aromatic nitrogens is 2. The highest BCUT2D eigenvalue weighted by atomic mass is 35.5. The molecule has 6 nitrogen and oxygen atoms in total. The molecule has 0 saturated heterocycles. The summed E-state index contributed by atoms with van der Waals surface area (Å²) in [7, 11) is 0. The molecule has 104 valence electrons. The van der Waals surface area contributed by atoms with Crippen LogP contribution in [0.15, 0.2) is 30.5 Å².